The molecule has 0 spiro atoms. The van der Waals surface area contributed by atoms with Crippen LogP contribution in [0.2, 0.25) is 0 Å². The highest BCUT2D eigenvalue weighted by atomic mass is 16.6. The summed E-state index contributed by atoms with van der Waals surface area (Å²) in [6.07, 6.45) is 6.37. The molecule has 0 bridgehead atoms. The van der Waals surface area contributed by atoms with Crippen LogP contribution in [0.15, 0.2) is 61.2 Å². The van der Waals surface area contributed by atoms with Gasteiger partial charge in [-0.05, 0) is 24.3 Å². The predicted octanol–water partition coefficient (Wildman–Crippen LogP) is 2.37. The van der Waals surface area contributed by atoms with Crippen LogP contribution in [0, 0.1) is 0 Å². The Kier molecular flexibility index (Phi) is 4.04. The summed E-state index contributed by atoms with van der Waals surface area (Å²) in [7, 11) is 0. The smallest absolute Gasteiger partial charge is 0.257 e. The van der Waals surface area contributed by atoms with Crippen LogP contribution in [-0.2, 0) is 6.54 Å². The Morgan fingerprint density at radius 1 is 1.20 bits per heavy atom. The zero-order chi connectivity index (χ0) is 17.1. The number of anilines is 1. The number of nitrogens with one attached hydrogen (secondary N) is 1. The van der Waals surface area contributed by atoms with Gasteiger partial charge < -0.3 is 14.8 Å². The lowest BCUT2D eigenvalue weighted by molar-refractivity contribution is 0.0759. The molecule has 0 fully saturated rings. The van der Waals surface area contributed by atoms with Gasteiger partial charge in [-0.15, -0.1) is 0 Å². The van der Waals surface area contributed by atoms with Gasteiger partial charge >= 0.3 is 0 Å². The fourth-order valence-electron chi connectivity index (χ4n) is 2.59. The maximum Gasteiger partial charge on any atom is 0.257 e. The highest BCUT2D eigenvalue weighted by molar-refractivity contribution is 6.03. The Balaban J connectivity index is 1.38. The summed E-state index contributed by atoms with van der Waals surface area (Å²) >= 11 is 0. The number of para-hydroxylation sites is 2. The molecule has 1 atom stereocenters. The number of hydrogen-bond donors (Lipinski definition) is 1. The summed E-state index contributed by atoms with van der Waals surface area (Å²) in [5.41, 5.74) is 1.11. The Labute approximate surface area is 144 Å². The van der Waals surface area contributed by atoms with Crippen LogP contribution in [0.4, 0.5) is 5.69 Å². The molecule has 0 saturated heterocycles. The number of nitrogens with zero attached hydrogens (tertiary/aromatic N) is 3. The molecule has 0 aliphatic carbocycles. The number of hydrogen-bond acceptors (Lipinski definition) is 5. The van der Waals surface area contributed by atoms with E-state index in [-0.39, 0.29) is 12.0 Å². The molecule has 3 aromatic rings. The summed E-state index contributed by atoms with van der Waals surface area (Å²) in [6, 6.07) is 11.0. The number of carbonyl (C=O) groups is 1. The van der Waals surface area contributed by atoms with Gasteiger partial charge in [-0.2, -0.15) is 5.10 Å². The van der Waals surface area contributed by atoms with Crippen molar-refractivity contribution in [2.24, 2.45) is 0 Å². The highest BCUT2D eigenvalue weighted by Gasteiger charge is 2.21. The molecule has 126 valence electrons. The second-order valence-electron chi connectivity index (χ2n) is 5.64. The van der Waals surface area contributed by atoms with E-state index < -0.39 is 0 Å². The van der Waals surface area contributed by atoms with E-state index in [2.05, 4.69) is 15.4 Å². The van der Waals surface area contributed by atoms with E-state index in [4.69, 9.17) is 9.47 Å². The molecule has 25 heavy (non-hydrogen) atoms. The minimum atomic E-state index is -0.223. The lowest BCUT2D eigenvalue weighted by Crippen LogP contribution is -2.33. The van der Waals surface area contributed by atoms with Crippen LogP contribution in [0.25, 0.3) is 0 Å². The molecule has 1 aliphatic heterocycles. The van der Waals surface area contributed by atoms with Gasteiger partial charge in [-0.1, -0.05) is 12.1 Å². The standard InChI is InChI=1S/C18H16N4O3/c23-18(13-4-3-7-19-8-13)21-14-9-20-22(10-14)11-15-12-24-16-5-1-2-6-17(16)25-15/h1-10,15H,11-12H2,(H,21,23)/t15-/m0/s1. The number of amides is 1. The van der Waals surface area contributed by atoms with E-state index in [1.54, 1.807) is 35.4 Å². The van der Waals surface area contributed by atoms with Gasteiger partial charge in [0.05, 0.1) is 24.0 Å². The fraction of sp³-hybridized carbons (Fsp3) is 0.167. The molecule has 1 N–H and O–H groups in total. The number of pyridine rings is 1. The molecule has 0 radical (unpaired) electrons. The molecule has 0 unspecified atom stereocenters. The van der Waals surface area contributed by atoms with Crippen LogP contribution in [-0.4, -0.2) is 33.4 Å². The first kappa shape index (κ1) is 15.2. The molecule has 1 aromatic carbocycles. The quantitative estimate of drug-likeness (QED) is 0.791. The summed E-state index contributed by atoms with van der Waals surface area (Å²) in [5, 5.41) is 7.06. The number of fused-ring (bicyclic) bond motifs is 1. The average molecular weight is 336 g/mol. The van der Waals surface area contributed by atoms with Gasteiger partial charge in [0, 0.05) is 18.6 Å². The van der Waals surface area contributed by atoms with Crippen molar-refractivity contribution >= 4 is 11.6 Å². The lowest BCUT2D eigenvalue weighted by atomic mass is 10.2. The summed E-state index contributed by atoms with van der Waals surface area (Å²) in [5.74, 6) is 1.26. The molecule has 2 aromatic heterocycles. The first-order valence-electron chi connectivity index (χ1n) is 7.90. The molecule has 7 nitrogen and oxygen atoms in total. The van der Waals surface area contributed by atoms with E-state index in [1.165, 1.54) is 6.20 Å². The van der Waals surface area contributed by atoms with Gasteiger partial charge in [0.25, 0.3) is 5.91 Å². The zero-order valence-corrected chi connectivity index (χ0v) is 13.3. The molecule has 3 heterocycles. The maximum absolute atomic E-state index is 12.1. The van der Waals surface area contributed by atoms with E-state index in [0.29, 0.717) is 24.4 Å². The van der Waals surface area contributed by atoms with Gasteiger partial charge in [0.1, 0.15) is 6.61 Å². The van der Waals surface area contributed by atoms with Crippen LogP contribution in [0.5, 0.6) is 11.5 Å². The molecular formula is C18H16N4O3. The summed E-state index contributed by atoms with van der Waals surface area (Å²) < 4.78 is 13.3. The van der Waals surface area contributed by atoms with Gasteiger partial charge in [0.15, 0.2) is 17.6 Å². The largest absolute Gasteiger partial charge is 0.486 e. The zero-order valence-electron chi connectivity index (χ0n) is 13.3. The first-order chi connectivity index (χ1) is 12.3. The van der Waals surface area contributed by atoms with Crippen molar-refractivity contribution in [1.29, 1.82) is 0 Å². The van der Waals surface area contributed by atoms with Gasteiger partial charge in [0.2, 0.25) is 0 Å². The number of ether oxygens (including phenoxy) is 2. The third-order valence-corrected chi connectivity index (χ3v) is 3.77. The van der Waals surface area contributed by atoms with E-state index in [9.17, 15) is 4.79 Å². The highest BCUT2D eigenvalue weighted by Crippen LogP contribution is 2.31. The Bertz CT molecular complexity index is 879. The normalized spacial score (nSPS) is 15.6. The predicted molar refractivity (Wildman–Crippen MR) is 90.8 cm³/mol. The van der Waals surface area contributed by atoms with Crippen LogP contribution >= 0.6 is 0 Å². The number of carbonyl (C=O) groups excluding carboxylic acids is 1. The SMILES string of the molecule is O=C(Nc1cnn(C[C@H]2COc3ccccc3O2)c1)c1cccnc1. The van der Waals surface area contributed by atoms with Gasteiger partial charge in [-0.25, -0.2) is 0 Å². The Morgan fingerprint density at radius 3 is 2.92 bits per heavy atom. The van der Waals surface area contributed by atoms with Crippen LogP contribution < -0.4 is 14.8 Å². The molecule has 4 rings (SSSR count). The van der Waals surface area contributed by atoms with Crippen LogP contribution in [0.1, 0.15) is 10.4 Å². The Hall–Kier alpha value is -3.35. The number of aromatic nitrogens is 3. The molecule has 1 amide bonds. The second-order valence-corrected chi connectivity index (χ2v) is 5.64. The topological polar surface area (TPSA) is 78.3 Å². The van der Waals surface area contributed by atoms with E-state index >= 15 is 0 Å². The minimum Gasteiger partial charge on any atom is -0.486 e. The van der Waals surface area contributed by atoms with Crippen molar-refractivity contribution in [2.75, 3.05) is 11.9 Å². The monoisotopic (exact) mass is 336 g/mol. The molecule has 1 aliphatic rings. The van der Waals surface area contributed by atoms with Crippen molar-refractivity contribution in [3.8, 4) is 11.5 Å². The lowest BCUT2D eigenvalue weighted by Gasteiger charge is -2.26. The van der Waals surface area contributed by atoms with E-state index in [0.717, 1.165) is 11.5 Å². The van der Waals surface area contributed by atoms with E-state index in [1.807, 2.05) is 24.3 Å². The third kappa shape index (κ3) is 3.45. The van der Waals surface area contributed by atoms with Crippen LogP contribution in [0.3, 0.4) is 0 Å². The Morgan fingerprint density at radius 2 is 2.08 bits per heavy atom. The average Bonchev–Trinajstić information content (AvgIpc) is 3.09. The molecule has 7 heteroatoms. The van der Waals surface area contributed by atoms with Crippen molar-refractivity contribution in [3.05, 3.63) is 66.7 Å². The fourth-order valence-corrected chi connectivity index (χ4v) is 2.59. The van der Waals surface area contributed by atoms with Gasteiger partial charge in [-0.3, -0.25) is 14.5 Å². The third-order valence-electron chi connectivity index (χ3n) is 3.77. The van der Waals surface area contributed by atoms with Crippen molar-refractivity contribution in [1.82, 2.24) is 14.8 Å². The minimum absolute atomic E-state index is 0.142. The van der Waals surface area contributed by atoms with Crippen molar-refractivity contribution < 1.29 is 14.3 Å². The van der Waals surface area contributed by atoms with Crippen molar-refractivity contribution in [2.45, 2.75) is 12.6 Å². The maximum atomic E-state index is 12.1. The molecule has 0 saturated carbocycles. The number of rotatable bonds is 4. The van der Waals surface area contributed by atoms with Crippen molar-refractivity contribution in [3.63, 3.8) is 0 Å². The molecular weight excluding hydrogens is 320 g/mol. The number of benzene rings is 1. The summed E-state index contributed by atoms with van der Waals surface area (Å²) in [6.45, 7) is 0.978. The summed E-state index contributed by atoms with van der Waals surface area (Å²) in [4.78, 5) is 16.1. The first-order valence-corrected chi connectivity index (χ1v) is 7.90. The second kappa shape index (κ2) is 6.64.